The Bertz CT molecular complexity index is 1040. The molecule has 1 aliphatic heterocycles. The van der Waals surface area contributed by atoms with Gasteiger partial charge in [-0.25, -0.2) is 26.3 Å². The van der Waals surface area contributed by atoms with Crippen LogP contribution in [-0.4, -0.2) is 47.6 Å². The van der Waals surface area contributed by atoms with Gasteiger partial charge in [0.05, 0.1) is 30.1 Å². The normalized spacial score (nSPS) is 29.8. The molecule has 0 unspecified atom stereocenters. The predicted octanol–water partition coefficient (Wildman–Crippen LogP) is 3.57. The number of fused-ring (bicyclic) bond motifs is 3. The number of ether oxygens (including phenoxy) is 1. The first-order valence-electron chi connectivity index (χ1n) is 11.3. The lowest BCUT2D eigenvalue weighted by Crippen LogP contribution is -2.58. The molecule has 12 heteroatoms. The lowest BCUT2D eigenvalue weighted by atomic mass is 9.57. The van der Waals surface area contributed by atoms with Crippen LogP contribution in [0.5, 0.6) is 0 Å². The van der Waals surface area contributed by atoms with Gasteiger partial charge in [0.15, 0.2) is 23.3 Å². The summed E-state index contributed by atoms with van der Waals surface area (Å²) in [6.07, 6.45) is 1.27. The van der Waals surface area contributed by atoms with Crippen molar-refractivity contribution in [3.05, 3.63) is 34.6 Å². The number of hydrogen-bond donors (Lipinski definition) is 1. The summed E-state index contributed by atoms with van der Waals surface area (Å²) >= 11 is 0. The van der Waals surface area contributed by atoms with E-state index in [0.717, 1.165) is 0 Å². The zero-order valence-electron chi connectivity index (χ0n) is 18.6. The van der Waals surface area contributed by atoms with Crippen molar-refractivity contribution in [1.29, 1.82) is 5.26 Å². The van der Waals surface area contributed by atoms with Crippen molar-refractivity contribution in [1.82, 2.24) is 10.2 Å². The van der Waals surface area contributed by atoms with Gasteiger partial charge in [-0.3, -0.25) is 9.59 Å². The molecule has 1 amide bonds. The number of halogens is 6. The van der Waals surface area contributed by atoms with Crippen molar-refractivity contribution < 1.29 is 40.7 Å². The number of nitrogens with one attached hydrogen (secondary N) is 1. The number of nitrogens with zero attached hydrogens (tertiary/aromatic N) is 2. The Morgan fingerprint density at radius 2 is 1.51 bits per heavy atom. The molecule has 3 aliphatic carbocycles. The standard InChI is InChI=1S/C23H23F6N3O3/c24-12-7-13(8-30)32(10-12)15(33)9-31-23-4-1-22(2-5-23,3-6-23)21(34)35-11-14-16(25)18(27)20(29)19(28)17(14)26/h12-13,31H,1-7,9-11H2/t12-,13-,22?,23?/m0/s1. The molecule has 4 fully saturated rings. The Morgan fingerprint density at radius 3 is 2.06 bits per heavy atom. The first kappa shape index (κ1) is 25.3. The Hall–Kier alpha value is -2.81. The highest BCUT2D eigenvalue weighted by molar-refractivity contribution is 5.80. The molecule has 35 heavy (non-hydrogen) atoms. The molecule has 5 rings (SSSR count). The minimum Gasteiger partial charge on any atom is -0.460 e. The van der Waals surface area contributed by atoms with E-state index in [9.17, 15) is 35.9 Å². The van der Waals surface area contributed by atoms with Crippen LogP contribution in [0.1, 0.15) is 50.5 Å². The second-order valence-electron chi connectivity index (χ2n) is 9.56. The maximum absolute atomic E-state index is 13.9. The Labute approximate surface area is 197 Å². The number of benzene rings is 1. The second-order valence-corrected chi connectivity index (χ2v) is 9.56. The van der Waals surface area contributed by atoms with Crippen LogP contribution >= 0.6 is 0 Å². The fourth-order valence-corrected chi connectivity index (χ4v) is 5.37. The number of rotatable bonds is 6. The quantitative estimate of drug-likeness (QED) is 0.278. The van der Waals surface area contributed by atoms with E-state index in [0.29, 0.717) is 38.5 Å². The highest BCUT2D eigenvalue weighted by Crippen LogP contribution is 2.53. The summed E-state index contributed by atoms with van der Waals surface area (Å²) < 4.78 is 86.3. The van der Waals surface area contributed by atoms with E-state index in [2.05, 4.69) is 5.32 Å². The van der Waals surface area contributed by atoms with Crippen LogP contribution in [0.2, 0.25) is 0 Å². The van der Waals surface area contributed by atoms with E-state index >= 15 is 0 Å². The van der Waals surface area contributed by atoms with Crippen molar-refractivity contribution in [3.63, 3.8) is 0 Å². The molecule has 1 aromatic carbocycles. The summed E-state index contributed by atoms with van der Waals surface area (Å²) in [6.45, 7) is -1.29. The summed E-state index contributed by atoms with van der Waals surface area (Å²) in [7, 11) is 0. The van der Waals surface area contributed by atoms with Crippen molar-refractivity contribution in [2.24, 2.45) is 5.41 Å². The number of alkyl halides is 1. The molecule has 1 N–H and O–H groups in total. The number of likely N-dealkylation sites (tertiary alicyclic amines) is 1. The lowest BCUT2D eigenvalue weighted by molar-refractivity contribution is -0.165. The van der Waals surface area contributed by atoms with E-state index in [1.165, 1.54) is 4.90 Å². The van der Waals surface area contributed by atoms with Crippen molar-refractivity contribution in [2.75, 3.05) is 13.1 Å². The third kappa shape index (κ3) is 4.46. The molecule has 6 nitrogen and oxygen atoms in total. The molecule has 1 aromatic rings. The van der Waals surface area contributed by atoms with Gasteiger partial charge in [-0.05, 0) is 38.5 Å². The van der Waals surface area contributed by atoms with Crippen LogP contribution in [0.25, 0.3) is 0 Å². The molecule has 0 aromatic heterocycles. The molecule has 1 heterocycles. The molecule has 4 aliphatic rings. The minimum atomic E-state index is -2.28. The molecule has 0 radical (unpaired) electrons. The van der Waals surface area contributed by atoms with Crippen LogP contribution < -0.4 is 5.32 Å². The summed E-state index contributed by atoms with van der Waals surface area (Å²) in [6, 6.07) is 1.13. The van der Waals surface area contributed by atoms with Gasteiger partial charge in [0.1, 0.15) is 18.8 Å². The highest BCUT2D eigenvalue weighted by Gasteiger charge is 2.53. The van der Waals surface area contributed by atoms with Gasteiger partial charge >= 0.3 is 5.97 Å². The van der Waals surface area contributed by atoms with Gasteiger partial charge in [-0.1, -0.05) is 0 Å². The third-order valence-corrected chi connectivity index (χ3v) is 7.66. The SMILES string of the molecule is N#C[C@@H]1C[C@H](F)CN1C(=O)CNC12CCC(C(=O)OCc3c(F)c(F)c(F)c(F)c3F)(CC1)CC2. The topological polar surface area (TPSA) is 82.4 Å². The van der Waals surface area contributed by atoms with Crippen molar-refractivity contribution in [2.45, 2.75) is 69.3 Å². The zero-order chi connectivity index (χ0) is 25.5. The Morgan fingerprint density at radius 1 is 0.971 bits per heavy atom. The van der Waals surface area contributed by atoms with Crippen LogP contribution in [0.3, 0.4) is 0 Å². The van der Waals surface area contributed by atoms with Crippen LogP contribution in [-0.2, 0) is 20.9 Å². The lowest BCUT2D eigenvalue weighted by Gasteiger charge is -2.52. The fraction of sp³-hybridized carbons (Fsp3) is 0.609. The summed E-state index contributed by atoms with van der Waals surface area (Å²) in [5.41, 5.74) is -2.59. The maximum atomic E-state index is 13.9. The molecule has 190 valence electrons. The maximum Gasteiger partial charge on any atom is 0.312 e. The zero-order valence-corrected chi connectivity index (χ0v) is 18.6. The monoisotopic (exact) mass is 503 g/mol. The van der Waals surface area contributed by atoms with Gasteiger partial charge in [-0.2, -0.15) is 5.26 Å². The number of carbonyl (C=O) groups excluding carboxylic acids is 2. The van der Waals surface area contributed by atoms with Gasteiger partial charge in [-0.15, -0.1) is 0 Å². The molecule has 2 bridgehead atoms. The number of hydrogen-bond acceptors (Lipinski definition) is 5. The average Bonchev–Trinajstić information content (AvgIpc) is 3.26. The molecule has 0 spiro atoms. The minimum absolute atomic E-state index is 0.0109. The molecular formula is C23H23F6N3O3. The first-order valence-corrected chi connectivity index (χ1v) is 11.3. The van der Waals surface area contributed by atoms with Gasteiger partial charge in [0, 0.05) is 12.0 Å². The molecule has 1 saturated heterocycles. The van der Waals surface area contributed by atoms with E-state index < -0.39 is 70.4 Å². The van der Waals surface area contributed by atoms with E-state index in [-0.39, 0.29) is 25.4 Å². The second kappa shape index (κ2) is 9.33. The van der Waals surface area contributed by atoms with Gasteiger partial charge in [0.2, 0.25) is 11.7 Å². The first-order chi connectivity index (χ1) is 16.5. The van der Waals surface area contributed by atoms with Crippen molar-refractivity contribution in [3.8, 4) is 6.07 Å². The molecule has 3 saturated carbocycles. The number of esters is 1. The number of carbonyl (C=O) groups is 2. The van der Waals surface area contributed by atoms with Crippen LogP contribution in [0.15, 0.2) is 0 Å². The van der Waals surface area contributed by atoms with E-state index in [4.69, 9.17) is 10.00 Å². The van der Waals surface area contributed by atoms with E-state index in [1.54, 1.807) is 0 Å². The highest BCUT2D eigenvalue weighted by atomic mass is 19.2. The molecule has 2 atom stereocenters. The Kier molecular flexibility index (Phi) is 6.74. The number of nitriles is 1. The predicted molar refractivity (Wildman–Crippen MR) is 108 cm³/mol. The van der Waals surface area contributed by atoms with Crippen molar-refractivity contribution >= 4 is 11.9 Å². The van der Waals surface area contributed by atoms with Gasteiger partial charge < -0.3 is 15.0 Å². The van der Waals surface area contributed by atoms with E-state index in [1.807, 2.05) is 6.07 Å². The average molecular weight is 503 g/mol. The van der Waals surface area contributed by atoms with Gasteiger partial charge in [0.25, 0.3) is 0 Å². The summed E-state index contributed by atoms with van der Waals surface area (Å²) in [5.74, 6) is -11.7. The van der Waals surface area contributed by atoms with Crippen LogP contribution in [0.4, 0.5) is 26.3 Å². The summed E-state index contributed by atoms with van der Waals surface area (Å²) in [5, 5.41) is 12.3. The summed E-state index contributed by atoms with van der Waals surface area (Å²) in [4.78, 5) is 26.5. The fourth-order valence-electron chi connectivity index (χ4n) is 5.37. The molecular weight excluding hydrogens is 480 g/mol. The Balaban J connectivity index is 1.34. The number of amides is 1. The smallest absolute Gasteiger partial charge is 0.312 e. The third-order valence-electron chi connectivity index (χ3n) is 7.66. The van der Waals surface area contributed by atoms with Crippen LogP contribution in [0, 0.1) is 45.8 Å². The largest absolute Gasteiger partial charge is 0.460 e.